The Bertz CT molecular complexity index is 468. The SMILES string of the molecule is CNCC1CN(C(=O)C2Cc3ccccc3S2)CCO1. The van der Waals surface area contributed by atoms with E-state index in [1.165, 1.54) is 10.5 Å². The molecular weight excluding hydrogens is 272 g/mol. The minimum atomic E-state index is 0.0423. The summed E-state index contributed by atoms with van der Waals surface area (Å²) in [4.78, 5) is 15.9. The summed E-state index contributed by atoms with van der Waals surface area (Å²) in [6.45, 7) is 2.85. The predicted molar refractivity (Wildman–Crippen MR) is 80.0 cm³/mol. The lowest BCUT2D eigenvalue weighted by Gasteiger charge is -2.34. The van der Waals surface area contributed by atoms with E-state index >= 15 is 0 Å². The Morgan fingerprint density at radius 2 is 2.35 bits per heavy atom. The van der Waals surface area contributed by atoms with Crippen LogP contribution in [0.2, 0.25) is 0 Å². The number of hydrogen-bond donors (Lipinski definition) is 1. The number of nitrogens with one attached hydrogen (secondary N) is 1. The molecule has 4 nitrogen and oxygen atoms in total. The van der Waals surface area contributed by atoms with Crippen LogP contribution in [0.15, 0.2) is 29.2 Å². The summed E-state index contributed by atoms with van der Waals surface area (Å²) in [5.41, 5.74) is 1.30. The van der Waals surface area contributed by atoms with Gasteiger partial charge in [0, 0.05) is 24.5 Å². The number of nitrogens with zero attached hydrogens (tertiary/aromatic N) is 1. The number of amides is 1. The number of fused-ring (bicyclic) bond motifs is 1. The Morgan fingerprint density at radius 3 is 3.15 bits per heavy atom. The van der Waals surface area contributed by atoms with Crippen LogP contribution in [0.3, 0.4) is 0 Å². The van der Waals surface area contributed by atoms with Gasteiger partial charge in [-0.3, -0.25) is 4.79 Å². The zero-order valence-electron chi connectivity index (χ0n) is 11.7. The van der Waals surface area contributed by atoms with Crippen LogP contribution in [-0.2, 0) is 16.0 Å². The van der Waals surface area contributed by atoms with E-state index in [4.69, 9.17) is 4.74 Å². The number of ether oxygens (including phenoxy) is 1. The van der Waals surface area contributed by atoms with E-state index in [9.17, 15) is 4.79 Å². The van der Waals surface area contributed by atoms with Crippen molar-refractivity contribution in [1.82, 2.24) is 10.2 Å². The van der Waals surface area contributed by atoms with Gasteiger partial charge < -0.3 is 15.0 Å². The Morgan fingerprint density at radius 1 is 1.50 bits per heavy atom. The molecule has 0 aliphatic carbocycles. The fourth-order valence-corrected chi connectivity index (χ4v) is 4.07. The van der Waals surface area contributed by atoms with Crippen molar-refractivity contribution in [3.8, 4) is 0 Å². The first-order chi connectivity index (χ1) is 9.78. The molecule has 2 atom stereocenters. The van der Waals surface area contributed by atoms with Crippen molar-refractivity contribution in [3.05, 3.63) is 29.8 Å². The number of thioether (sulfide) groups is 1. The number of morpholine rings is 1. The minimum absolute atomic E-state index is 0.0423. The fraction of sp³-hybridized carbons (Fsp3) is 0.533. The van der Waals surface area contributed by atoms with Gasteiger partial charge in [-0.05, 0) is 25.1 Å². The normalized spacial score (nSPS) is 25.6. The van der Waals surface area contributed by atoms with E-state index in [1.54, 1.807) is 11.8 Å². The zero-order valence-corrected chi connectivity index (χ0v) is 12.5. The van der Waals surface area contributed by atoms with Crippen molar-refractivity contribution in [2.24, 2.45) is 0 Å². The number of likely N-dealkylation sites (N-methyl/N-ethyl adjacent to an activating group) is 1. The number of hydrogen-bond acceptors (Lipinski definition) is 4. The number of carbonyl (C=O) groups is 1. The first-order valence-electron chi connectivity index (χ1n) is 7.07. The quantitative estimate of drug-likeness (QED) is 0.907. The molecule has 2 aliphatic heterocycles. The Kier molecular flexibility index (Phi) is 4.29. The van der Waals surface area contributed by atoms with Crippen LogP contribution in [0.5, 0.6) is 0 Å². The molecule has 1 saturated heterocycles. The summed E-state index contributed by atoms with van der Waals surface area (Å²) in [6, 6.07) is 8.31. The van der Waals surface area contributed by atoms with E-state index in [0.29, 0.717) is 19.7 Å². The third-order valence-electron chi connectivity index (χ3n) is 3.80. The first kappa shape index (κ1) is 13.9. The maximum atomic E-state index is 12.6. The van der Waals surface area contributed by atoms with E-state index < -0.39 is 0 Å². The first-order valence-corrected chi connectivity index (χ1v) is 7.95. The molecule has 1 aromatic carbocycles. The van der Waals surface area contributed by atoms with Crippen LogP contribution in [0.1, 0.15) is 5.56 Å². The van der Waals surface area contributed by atoms with Gasteiger partial charge in [-0.2, -0.15) is 0 Å². The minimum Gasteiger partial charge on any atom is -0.373 e. The second kappa shape index (κ2) is 6.16. The molecule has 20 heavy (non-hydrogen) atoms. The smallest absolute Gasteiger partial charge is 0.236 e. The van der Waals surface area contributed by atoms with Gasteiger partial charge in [0.15, 0.2) is 0 Å². The maximum absolute atomic E-state index is 12.6. The summed E-state index contributed by atoms with van der Waals surface area (Å²) in [7, 11) is 1.91. The molecule has 2 aliphatic rings. The Labute approximate surface area is 123 Å². The second-order valence-corrected chi connectivity index (χ2v) is 6.50. The Hall–Kier alpha value is -1.04. The molecule has 1 amide bonds. The topological polar surface area (TPSA) is 41.6 Å². The van der Waals surface area contributed by atoms with Crippen molar-refractivity contribution in [2.45, 2.75) is 22.7 Å². The highest BCUT2D eigenvalue weighted by atomic mass is 32.2. The van der Waals surface area contributed by atoms with Gasteiger partial charge in [-0.1, -0.05) is 18.2 Å². The molecule has 3 rings (SSSR count). The lowest BCUT2D eigenvalue weighted by molar-refractivity contribution is -0.137. The van der Waals surface area contributed by atoms with Gasteiger partial charge in [-0.15, -0.1) is 11.8 Å². The van der Waals surface area contributed by atoms with E-state index in [-0.39, 0.29) is 17.3 Å². The van der Waals surface area contributed by atoms with Crippen LogP contribution < -0.4 is 5.32 Å². The van der Waals surface area contributed by atoms with Crippen LogP contribution in [-0.4, -0.2) is 55.4 Å². The second-order valence-electron chi connectivity index (χ2n) is 5.25. The van der Waals surface area contributed by atoms with Gasteiger partial charge in [0.05, 0.1) is 18.0 Å². The van der Waals surface area contributed by atoms with E-state index in [0.717, 1.165) is 13.0 Å². The number of rotatable bonds is 3. The summed E-state index contributed by atoms with van der Waals surface area (Å²) < 4.78 is 5.66. The molecule has 5 heteroatoms. The zero-order chi connectivity index (χ0) is 13.9. The molecular formula is C15H20N2O2S. The van der Waals surface area contributed by atoms with Crippen LogP contribution in [0, 0.1) is 0 Å². The molecule has 0 spiro atoms. The van der Waals surface area contributed by atoms with Crippen LogP contribution >= 0.6 is 11.8 Å². The standard InChI is InChI=1S/C15H20N2O2S/c1-16-9-12-10-17(6-7-19-12)15(18)14-8-11-4-2-3-5-13(11)20-14/h2-5,12,14,16H,6-10H2,1H3. The molecule has 1 aromatic rings. The lowest BCUT2D eigenvalue weighted by atomic mass is 10.1. The van der Waals surface area contributed by atoms with Gasteiger partial charge in [0.25, 0.3) is 0 Å². The van der Waals surface area contributed by atoms with Crippen LogP contribution in [0.4, 0.5) is 0 Å². The van der Waals surface area contributed by atoms with Crippen LogP contribution in [0.25, 0.3) is 0 Å². The monoisotopic (exact) mass is 292 g/mol. The fourth-order valence-electron chi connectivity index (χ4n) is 2.79. The largest absolute Gasteiger partial charge is 0.373 e. The highest BCUT2D eigenvalue weighted by molar-refractivity contribution is 8.01. The molecule has 108 valence electrons. The van der Waals surface area contributed by atoms with Crippen molar-refractivity contribution in [3.63, 3.8) is 0 Å². The molecule has 0 radical (unpaired) electrons. The average molecular weight is 292 g/mol. The van der Waals surface area contributed by atoms with E-state index in [1.807, 2.05) is 24.1 Å². The van der Waals surface area contributed by atoms with Gasteiger partial charge in [0.1, 0.15) is 0 Å². The van der Waals surface area contributed by atoms with Crippen molar-refractivity contribution >= 4 is 17.7 Å². The molecule has 0 bridgehead atoms. The average Bonchev–Trinajstić information content (AvgIpc) is 2.91. The Balaban J connectivity index is 1.63. The van der Waals surface area contributed by atoms with Crippen molar-refractivity contribution in [1.29, 1.82) is 0 Å². The molecule has 2 unspecified atom stereocenters. The molecule has 0 aromatic heterocycles. The molecule has 1 fully saturated rings. The summed E-state index contributed by atoms with van der Waals surface area (Å²) in [5, 5.41) is 3.15. The van der Waals surface area contributed by atoms with Gasteiger partial charge in [0.2, 0.25) is 5.91 Å². The lowest BCUT2D eigenvalue weighted by Crippen LogP contribution is -2.50. The summed E-state index contributed by atoms with van der Waals surface area (Å²) in [5.74, 6) is 0.260. The number of carbonyl (C=O) groups excluding carboxylic acids is 1. The molecule has 1 N–H and O–H groups in total. The predicted octanol–water partition coefficient (Wildman–Crippen LogP) is 1.15. The maximum Gasteiger partial charge on any atom is 0.236 e. The van der Waals surface area contributed by atoms with Gasteiger partial charge >= 0.3 is 0 Å². The number of benzene rings is 1. The summed E-state index contributed by atoms with van der Waals surface area (Å²) in [6.07, 6.45) is 0.972. The highest BCUT2D eigenvalue weighted by Gasteiger charge is 2.33. The third-order valence-corrected chi connectivity index (χ3v) is 5.11. The van der Waals surface area contributed by atoms with Gasteiger partial charge in [-0.25, -0.2) is 0 Å². The highest BCUT2D eigenvalue weighted by Crippen LogP contribution is 2.37. The van der Waals surface area contributed by atoms with Crippen molar-refractivity contribution in [2.75, 3.05) is 33.3 Å². The molecule has 2 heterocycles. The van der Waals surface area contributed by atoms with Crippen molar-refractivity contribution < 1.29 is 9.53 Å². The third kappa shape index (κ3) is 2.85. The molecule has 0 saturated carbocycles. The van der Waals surface area contributed by atoms with E-state index in [2.05, 4.69) is 17.4 Å². The summed E-state index contributed by atoms with van der Waals surface area (Å²) >= 11 is 1.70.